The van der Waals surface area contributed by atoms with Gasteiger partial charge in [-0.15, -0.1) is 0 Å². The molecule has 0 amide bonds. The van der Waals surface area contributed by atoms with Crippen molar-refractivity contribution in [2.24, 2.45) is 17.8 Å². The molecule has 0 aromatic rings. The Morgan fingerprint density at radius 3 is 1.88 bits per heavy atom. The quantitative estimate of drug-likeness (QED) is 0.449. The van der Waals surface area contributed by atoms with Crippen LogP contribution >= 0.6 is 0 Å². The summed E-state index contributed by atoms with van der Waals surface area (Å²) in [6, 6.07) is 0. The third-order valence-corrected chi connectivity index (χ3v) is 4.77. The number of unbranched alkanes of at least 4 members (excludes halogenated alkanes) is 4. The molecule has 0 radical (unpaired) electrons. The third kappa shape index (κ3) is 7.04. The molecule has 0 aliphatic heterocycles. The predicted molar refractivity (Wildman–Crippen MR) is 92.9 cm³/mol. The maximum Gasteiger partial charge on any atom is 0.310 e. The number of carbonyl (C=O) groups excluding carboxylic acids is 2. The normalized spacial score (nSPS) is 23.0. The lowest BCUT2D eigenvalue weighted by Crippen LogP contribution is -2.43. The van der Waals surface area contributed by atoms with Gasteiger partial charge in [0.15, 0.2) is 0 Å². The molecule has 25 heavy (non-hydrogen) atoms. The second kappa shape index (κ2) is 11.9. The Morgan fingerprint density at radius 1 is 0.840 bits per heavy atom. The Hall–Kier alpha value is -1.59. The highest BCUT2D eigenvalue weighted by molar-refractivity contribution is 5.87. The van der Waals surface area contributed by atoms with Gasteiger partial charge in [0.05, 0.1) is 31.0 Å². The molecule has 1 N–H and O–H groups in total. The van der Waals surface area contributed by atoms with E-state index in [2.05, 4.69) is 6.92 Å². The summed E-state index contributed by atoms with van der Waals surface area (Å²) in [5.74, 6) is -4.60. The van der Waals surface area contributed by atoms with Crippen LogP contribution in [0.2, 0.25) is 0 Å². The molecule has 0 bridgehead atoms. The number of carbonyl (C=O) groups is 3. The zero-order valence-electron chi connectivity index (χ0n) is 15.5. The first-order valence-corrected chi connectivity index (χ1v) is 9.58. The highest BCUT2D eigenvalue weighted by atomic mass is 16.5. The number of ether oxygens (including phenoxy) is 2. The van der Waals surface area contributed by atoms with Crippen molar-refractivity contribution in [3.05, 3.63) is 0 Å². The number of carboxylic acids is 1. The second-order valence-electron chi connectivity index (χ2n) is 6.76. The Kier molecular flexibility index (Phi) is 10.2. The summed E-state index contributed by atoms with van der Waals surface area (Å²) >= 11 is 0. The van der Waals surface area contributed by atoms with Crippen LogP contribution in [0.4, 0.5) is 0 Å². The van der Waals surface area contributed by atoms with Gasteiger partial charge >= 0.3 is 17.9 Å². The van der Waals surface area contributed by atoms with E-state index in [4.69, 9.17) is 9.47 Å². The van der Waals surface area contributed by atoms with Crippen molar-refractivity contribution in [3.63, 3.8) is 0 Å². The number of hydrogen-bond acceptors (Lipinski definition) is 5. The number of esters is 2. The van der Waals surface area contributed by atoms with Crippen molar-refractivity contribution in [2.45, 2.75) is 71.6 Å². The van der Waals surface area contributed by atoms with E-state index in [1.807, 2.05) is 6.92 Å². The zero-order chi connectivity index (χ0) is 18.7. The smallest absolute Gasteiger partial charge is 0.310 e. The maximum absolute atomic E-state index is 12.5. The van der Waals surface area contributed by atoms with E-state index in [0.29, 0.717) is 25.9 Å². The summed E-state index contributed by atoms with van der Waals surface area (Å²) in [4.78, 5) is 36.4. The molecule has 1 fully saturated rings. The number of carboxylic acid groups (broad SMARTS) is 1. The second-order valence-corrected chi connectivity index (χ2v) is 6.76. The summed E-state index contributed by atoms with van der Waals surface area (Å²) in [6.45, 7) is 4.70. The van der Waals surface area contributed by atoms with Crippen molar-refractivity contribution in [1.82, 2.24) is 0 Å². The van der Waals surface area contributed by atoms with Crippen LogP contribution in [-0.4, -0.2) is 36.2 Å². The third-order valence-electron chi connectivity index (χ3n) is 4.77. The SMILES string of the molecule is CCCCCOC(=O)C1CCCC(C(=O)O)C1C(=O)OCCCCC. The summed E-state index contributed by atoms with van der Waals surface area (Å²) in [5, 5.41) is 9.45. The molecule has 1 saturated carbocycles. The van der Waals surface area contributed by atoms with Gasteiger partial charge < -0.3 is 14.6 Å². The summed E-state index contributed by atoms with van der Waals surface area (Å²) in [6.07, 6.45) is 6.95. The number of aliphatic carboxylic acids is 1. The molecule has 3 atom stereocenters. The molecular formula is C19H32O6. The minimum atomic E-state index is -1.04. The van der Waals surface area contributed by atoms with E-state index in [-0.39, 0.29) is 6.61 Å². The van der Waals surface area contributed by atoms with Crippen LogP contribution in [0.3, 0.4) is 0 Å². The van der Waals surface area contributed by atoms with E-state index in [9.17, 15) is 19.5 Å². The molecule has 1 aliphatic carbocycles. The molecule has 6 nitrogen and oxygen atoms in total. The first kappa shape index (κ1) is 21.5. The zero-order valence-corrected chi connectivity index (χ0v) is 15.5. The Balaban J connectivity index is 2.71. The van der Waals surface area contributed by atoms with Crippen molar-refractivity contribution >= 4 is 17.9 Å². The van der Waals surface area contributed by atoms with Crippen molar-refractivity contribution in [1.29, 1.82) is 0 Å². The van der Waals surface area contributed by atoms with Gasteiger partial charge in [0.1, 0.15) is 0 Å². The predicted octanol–water partition coefficient (Wildman–Crippen LogP) is 3.57. The molecule has 6 heteroatoms. The van der Waals surface area contributed by atoms with Gasteiger partial charge in [-0.1, -0.05) is 46.0 Å². The lowest BCUT2D eigenvalue weighted by atomic mass is 9.72. The molecular weight excluding hydrogens is 324 g/mol. The molecule has 1 rings (SSSR count). The van der Waals surface area contributed by atoms with Crippen molar-refractivity contribution in [3.8, 4) is 0 Å². The van der Waals surface area contributed by atoms with Gasteiger partial charge in [0, 0.05) is 0 Å². The first-order chi connectivity index (χ1) is 12.0. The van der Waals surface area contributed by atoms with Gasteiger partial charge in [0.25, 0.3) is 0 Å². The van der Waals surface area contributed by atoms with Gasteiger partial charge in [-0.3, -0.25) is 14.4 Å². The standard InChI is InChI=1S/C19H32O6/c1-3-5-7-12-24-18(22)15-11-9-10-14(17(20)21)16(15)19(23)25-13-8-6-4-2/h14-16H,3-13H2,1-2H3,(H,20,21). The molecule has 144 valence electrons. The molecule has 0 aromatic carbocycles. The number of rotatable bonds is 11. The van der Waals surface area contributed by atoms with E-state index in [1.54, 1.807) is 0 Å². The highest BCUT2D eigenvalue weighted by Gasteiger charge is 2.46. The molecule has 1 aliphatic rings. The monoisotopic (exact) mass is 356 g/mol. The van der Waals surface area contributed by atoms with Crippen LogP contribution in [0, 0.1) is 17.8 Å². The minimum Gasteiger partial charge on any atom is -0.481 e. The van der Waals surface area contributed by atoms with Crippen LogP contribution in [-0.2, 0) is 23.9 Å². The van der Waals surface area contributed by atoms with Crippen LogP contribution in [0.15, 0.2) is 0 Å². The van der Waals surface area contributed by atoms with Crippen LogP contribution in [0.5, 0.6) is 0 Å². The Morgan fingerprint density at radius 2 is 1.36 bits per heavy atom. The van der Waals surface area contributed by atoms with Crippen molar-refractivity contribution < 1.29 is 29.0 Å². The first-order valence-electron chi connectivity index (χ1n) is 9.58. The number of hydrogen-bond donors (Lipinski definition) is 1. The fourth-order valence-electron chi connectivity index (χ4n) is 3.32. The molecule has 0 aromatic heterocycles. The summed E-state index contributed by atoms with van der Waals surface area (Å²) < 4.78 is 10.6. The summed E-state index contributed by atoms with van der Waals surface area (Å²) in [5.41, 5.74) is 0. The average molecular weight is 356 g/mol. The minimum absolute atomic E-state index is 0.272. The van der Waals surface area contributed by atoms with Gasteiger partial charge in [-0.2, -0.15) is 0 Å². The topological polar surface area (TPSA) is 89.9 Å². The van der Waals surface area contributed by atoms with Crippen LogP contribution in [0.1, 0.15) is 71.6 Å². The fraction of sp³-hybridized carbons (Fsp3) is 0.842. The average Bonchev–Trinajstić information content (AvgIpc) is 2.61. The summed E-state index contributed by atoms with van der Waals surface area (Å²) in [7, 11) is 0. The van der Waals surface area contributed by atoms with E-state index in [1.165, 1.54) is 0 Å². The largest absolute Gasteiger partial charge is 0.481 e. The van der Waals surface area contributed by atoms with Crippen LogP contribution in [0.25, 0.3) is 0 Å². The lowest BCUT2D eigenvalue weighted by molar-refractivity contribution is -0.170. The highest BCUT2D eigenvalue weighted by Crippen LogP contribution is 2.37. The molecule has 0 heterocycles. The van der Waals surface area contributed by atoms with E-state index < -0.39 is 35.7 Å². The molecule has 0 spiro atoms. The fourth-order valence-corrected chi connectivity index (χ4v) is 3.32. The van der Waals surface area contributed by atoms with Gasteiger partial charge in [0.2, 0.25) is 0 Å². The van der Waals surface area contributed by atoms with Crippen LogP contribution < -0.4 is 0 Å². The van der Waals surface area contributed by atoms with E-state index >= 15 is 0 Å². The van der Waals surface area contributed by atoms with Gasteiger partial charge in [-0.25, -0.2) is 0 Å². The Bertz CT molecular complexity index is 434. The van der Waals surface area contributed by atoms with E-state index in [0.717, 1.165) is 38.5 Å². The van der Waals surface area contributed by atoms with Crippen molar-refractivity contribution in [2.75, 3.05) is 13.2 Å². The lowest BCUT2D eigenvalue weighted by Gasteiger charge is -2.33. The maximum atomic E-state index is 12.5. The Labute approximate surface area is 150 Å². The molecule has 0 saturated heterocycles. The molecule has 3 unspecified atom stereocenters. The van der Waals surface area contributed by atoms with Gasteiger partial charge in [-0.05, 0) is 25.7 Å².